The summed E-state index contributed by atoms with van der Waals surface area (Å²) in [6.07, 6.45) is 8.72. The number of rotatable bonds is 4. The van der Waals surface area contributed by atoms with Crippen LogP contribution in [0, 0.1) is 23.1 Å². The van der Waals surface area contributed by atoms with Gasteiger partial charge in [-0.2, -0.15) is 5.26 Å². The number of allylic oxidation sites excluding steroid dienone is 2. The molecule has 0 saturated heterocycles. The van der Waals surface area contributed by atoms with Crippen LogP contribution in [-0.2, 0) is 0 Å². The molecule has 1 aliphatic carbocycles. The smallest absolute Gasteiger partial charge is 0.336 e. The number of carbonyl (C=O) groups is 1. The Labute approximate surface area is 158 Å². The number of benzene rings is 2. The number of hydrogen-bond acceptors (Lipinski definition) is 2. The molecule has 138 valence electrons. The maximum Gasteiger partial charge on any atom is 0.336 e. The van der Waals surface area contributed by atoms with E-state index in [1.807, 2.05) is 19.1 Å². The topological polar surface area (TPSA) is 61.1 Å². The van der Waals surface area contributed by atoms with Crippen molar-refractivity contribution in [3.8, 4) is 17.2 Å². The number of aromatic carboxylic acids is 1. The fraction of sp³-hybridized carbons (Fsp3) is 0.304. The zero-order valence-electron chi connectivity index (χ0n) is 15.3. The molecule has 3 rings (SSSR count). The van der Waals surface area contributed by atoms with Crippen LogP contribution in [0.25, 0.3) is 11.1 Å². The highest BCUT2D eigenvalue weighted by Crippen LogP contribution is 2.38. The monoisotopic (exact) mass is 363 g/mol. The van der Waals surface area contributed by atoms with Gasteiger partial charge in [-0.25, -0.2) is 9.18 Å². The highest BCUT2D eigenvalue weighted by molar-refractivity contribution is 5.96. The van der Waals surface area contributed by atoms with Gasteiger partial charge in [-0.15, -0.1) is 0 Å². The first-order chi connectivity index (χ1) is 13.0. The number of nitriles is 1. The molecule has 3 nitrogen and oxygen atoms in total. The highest BCUT2D eigenvalue weighted by atomic mass is 19.1. The zero-order chi connectivity index (χ0) is 19.4. The molecule has 1 N–H and O–H groups in total. The van der Waals surface area contributed by atoms with Crippen LogP contribution in [0.3, 0.4) is 0 Å². The molecule has 1 saturated carbocycles. The number of hydrogen-bond donors (Lipinski definition) is 1. The summed E-state index contributed by atoms with van der Waals surface area (Å²) >= 11 is 0. The third-order valence-electron chi connectivity index (χ3n) is 5.38. The van der Waals surface area contributed by atoms with Gasteiger partial charge in [0.2, 0.25) is 0 Å². The Bertz CT molecular complexity index is 918. The number of nitrogens with zero attached hydrogens (tertiary/aromatic N) is 1. The second-order valence-electron chi connectivity index (χ2n) is 7.05. The predicted molar refractivity (Wildman–Crippen MR) is 103 cm³/mol. The van der Waals surface area contributed by atoms with Crippen molar-refractivity contribution in [1.29, 1.82) is 5.26 Å². The van der Waals surface area contributed by atoms with Crippen LogP contribution in [0.1, 0.15) is 60.0 Å². The van der Waals surface area contributed by atoms with Crippen molar-refractivity contribution in [3.05, 3.63) is 71.1 Å². The molecule has 0 heterocycles. The molecule has 2 aromatic carbocycles. The van der Waals surface area contributed by atoms with Crippen LogP contribution in [-0.4, -0.2) is 11.1 Å². The fourth-order valence-corrected chi connectivity index (χ4v) is 3.93. The van der Waals surface area contributed by atoms with E-state index in [0.717, 1.165) is 31.2 Å². The van der Waals surface area contributed by atoms with Gasteiger partial charge in [0.15, 0.2) is 0 Å². The third kappa shape index (κ3) is 4.09. The minimum absolute atomic E-state index is 0.0471. The van der Waals surface area contributed by atoms with Gasteiger partial charge in [-0.1, -0.05) is 30.4 Å². The van der Waals surface area contributed by atoms with Crippen LogP contribution in [0.15, 0.2) is 48.6 Å². The molecule has 1 aliphatic rings. The van der Waals surface area contributed by atoms with E-state index in [-0.39, 0.29) is 11.1 Å². The lowest BCUT2D eigenvalue weighted by molar-refractivity contribution is 0.0697. The molecule has 0 unspecified atom stereocenters. The minimum Gasteiger partial charge on any atom is -0.478 e. The molecule has 4 heteroatoms. The Kier molecular flexibility index (Phi) is 5.71. The molecule has 2 aromatic rings. The Balaban J connectivity index is 1.96. The molecular weight excluding hydrogens is 341 g/mol. The van der Waals surface area contributed by atoms with Crippen molar-refractivity contribution in [2.45, 2.75) is 38.5 Å². The standard InChI is InChI=1S/C23H22FNO2/c1-2-3-15-4-6-16(7-5-15)17-10-11-20(23(26)27)21(12-17)18-8-9-19(14-25)22(24)13-18/h2-3,8-13,15-16H,4-7H2,1H3,(H,26,27). The van der Waals surface area contributed by atoms with Crippen molar-refractivity contribution in [2.24, 2.45) is 5.92 Å². The van der Waals surface area contributed by atoms with Gasteiger partial charge >= 0.3 is 5.97 Å². The predicted octanol–water partition coefficient (Wildman–Crippen LogP) is 5.91. The summed E-state index contributed by atoms with van der Waals surface area (Å²) in [6.45, 7) is 2.04. The second-order valence-corrected chi connectivity index (χ2v) is 7.05. The van der Waals surface area contributed by atoms with Crippen LogP contribution < -0.4 is 0 Å². The molecule has 0 atom stereocenters. The Morgan fingerprint density at radius 2 is 1.93 bits per heavy atom. The SMILES string of the molecule is CC=CC1CCC(c2ccc(C(=O)O)c(-c3ccc(C#N)c(F)c3)c2)CC1. The molecule has 0 amide bonds. The van der Waals surface area contributed by atoms with E-state index < -0.39 is 11.8 Å². The van der Waals surface area contributed by atoms with Crippen LogP contribution in [0.5, 0.6) is 0 Å². The minimum atomic E-state index is -1.04. The lowest BCUT2D eigenvalue weighted by Gasteiger charge is -2.27. The molecule has 0 aromatic heterocycles. The maximum absolute atomic E-state index is 14.1. The largest absolute Gasteiger partial charge is 0.478 e. The van der Waals surface area contributed by atoms with Crippen molar-refractivity contribution in [1.82, 2.24) is 0 Å². The van der Waals surface area contributed by atoms with E-state index >= 15 is 0 Å². The van der Waals surface area contributed by atoms with Gasteiger partial charge < -0.3 is 5.11 Å². The van der Waals surface area contributed by atoms with E-state index in [9.17, 15) is 14.3 Å². The number of carboxylic acid groups (broad SMARTS) is 1. The van der Waals surface area contributed by atoms with Crippen molar-refractivity contribution < 1.29 is 14.3 Å². The van der Waals surface area contributed by atoms with Crippen LogP contribution >= 0.6 is 0 Å². The molecule has 1 fully saturated rings. The van der Waals surface area contributed by atoms with Gasteiger partial charge in [0, 0.05) is 0 Å². The Morgan fingerprint density at radius 3 is 2.52 bits per heavy atom. The van der Waals surface area contributed by atoms with Crippen molar-refractivity contribution >= 4 is 5.97 Å². The van der Waals surface area contributed by atoms with Gasteiger partial charge in [0.1, 0.15) is 11.9 Å². The van der Waals surface area contributed by atoms with Crippen LogP contribution in [0.2, 0.25) is 0 Å². The van der Waals surface area contributed by atoms with Gasteiger partial charge in [0.25, 0.3) is 0 Å². The summed E-state index contributed by atoms with van der Waals surface area (Å²) in [5.41, 5.74) is 2.17. The van der Waals surface area contributed by atoms with Crippen molar-refractivity contribution in [3.63, 3.8) is 0 Å². The quantitative estimate of drug-likeness (QED) is 0.687. The maximum atomic E-state index is 14.1. The Hall–Kier alpha value is -2.93. The summed E-state index contributed by atoms with van der Waals surface area (Å²) in [5, 5.41) is 18.4. The lowest BCUT2D eigenvalue weighted by atomic mass is 9.78. The molecule has 0 spiro atoms. The molecule has 0 radical (unpaired) electrons. The molecule has 27 heavy (non-hydrogen) atoms. The summed E-state index contributed by atoms with van der Waals surface area (Å²) in [6, 6.07) is 11.4. The first kappa shape index (κ1) is 18.8. The number of carboxylic acids is 1. The summed E-state index contributed by atoms with van der Waals surface area (Å²) in [5.74, 6) is -0.672. The summed E-state index contributed by atoms with van der Waals surface area (Å²) in [7, 11) is 0. The first-order valence-corrected chi connectivity index (χ1v) is 9.23. The van der Waals surface area contributed by atoms with E-state index in [2.05, 4.69) is 12.2 Å². The van der Waals surface area contributed by atoms with E-state index in [1.54, 1.807) is 18.2 Å². The molecular formula is C23H22FNO2. The third-order valence-corrected chi connectivity index (χ3v) is 5.38. The lowest BCUT2D eigenvalue weighted by Crippen LogP contribution is -2.12. The highest BCUT2D eigenvalue weighted by Gasteiger charge is 2.23. The van der Waals surface area contributed by atoms with E-state index in [4.69, 9.17) is 5.26 Å². The summed E-state index contributed by atoms with van der Waals surface area (Å²) in [4.78, 5) is 11.7. The average molecular weight is 363 g/mol. The first-order valence-electron chi connectivity index (χ1n) is 9.23. The fourth-order valence-electron chi connectivity index (χ4n) is 3.93. The molecule has 0 aliphatic heterocycles. The Morgan fingerprint density at radius 1 is 1.19 bits per heavy atom. The van der Waals surface area contributed by atoms with Crippen molar-refractivity contribution in [2.75, 3.05) is 0 Å². The molecule has 0 bridgehead atoms. The summed E-state index contributed by atoms with van der Waals surface area (Å²) < 4.78 is 14.1. The van der Waals surface area contributed by atoms with Gasteiger partial charge in [-0.3, -0.25) is 0 Å². The normalized spacial score (nSPS) is 19.7. The van der Waals surface area contributed by atoms with Gasteiger partial charge in [-0.05, 0) is 79.3 Å². The van der Waals surface area contributed by atoms with Gasteiger partial charge in [0.05, 0.1) is 11.1 Å². The average Bonchev–Trinajstić information content (AvgIpc) is 2.68. The van der Waals surface area contributed by atoms with Crippen LogP contribution in [0.4, 0.5) is 4.39 Å². The number of halogens is 1. The van der Waals surface area contributed by atoms with E-state index in [0.29, 0.717) is 23.0 Å². The zero-order valence-corrected chi connectivity index (χ0v) is 15.3. The second kappa shape index (κ2) is 8.18. The van der Waals surface area contributed by atoms with E-state index in [1.165, 1.54) is 12.1 Å².